The van der Waals surface area contributed by atoms with E-state index in [9.17, 15) is 4.79 Å². The molecule has 0 spiro atoms. The van der Waals surface area contributed by atoms with E-state index in [4.69, 9.17) is 20.4 Å². The molecule has 1 fully saturated rings. The summed E-state index contributed by atoms with van der Waals surface area (Å²) in [4.78, 5) is 16.7. The Morgan fingerprint density at radius 2 is 2.03 bits per heavy atom. The number of terminal acetylenes is 1. The van der Waals surface area contributed by atoms with Crippen molar-refractivity contribution in [3.05, 3.63) is 46.9 Å². The van der Waals surface area contributed by atoms with Crippen molar-refractivity contribution in [1.82, 2.24) is 15.0 Å². The van der Waals surface area contributed by atoms with E-state index in [1.54, 1.807) is 19.3 Å². The second-order valence-electron chi connectivity index (χ2n) is 7.46. The summed E-state index contributed by atoms with van der Waals surface area (Å²) in [5, 5.41) is 3.94. The number of methoxy groups -OCH3 is 1. The van der Waals surface area contributed by atoms with Gasteiger partial charge in [0.15, 0.2) is 11.5 Å². The van der Waals surface area contributed by atoms with Crippen LogP contribution in [0, 0.1) is 26.2 Å². The summed E-state index contributed by atoms with van der Waals surface area (Å²) in [5.41, 5.74) is 2.60. The smallest absolute Gasteiger partial charge is 0.246 e. The van der Waals surface area contributed by atoms with Gasteiger partial charge in [0.25, 0.3) is 0 Å². The molecule has 7 nitrogen and oxygen atoms in total. The van der Waals surface area contributed by atoms with Crippen LogP contribution in [0.15, 0.2) is 28.8 Å². The topological polar surface area (TPSA) is 68.0 Å². The van der Waals surface area contributed by atoms with E-state index >= 15 is 0 Å². The van der Waals surface area contributed by atoms with Gasteiger partial charge in [0.2, 0.25) is 5.91 Å². The van der Waals surface area contributed by atoms with Gasteiger partial charge in [-0.3, -0.25) is 9.69 Å². The molecular weight excluding hydrogens is 394 g/mol. The first kappa shape index (κ1) is 22.4. The minimum Gasteiger partial charge on any atom is -0.493 e. The molecule has 0 N–H and O–H groups in total. The third kappa shape index (κ3) is 5.89. The van der Waals surface area contributed by atoms with Crippen molar-refractivity contribution in [2.45, 2.75) is 26.9 Å². The van der Waals surface area contributed by atoms with Crippen LogP contribution in [0.2, 0.25) is 0 Å². The Hall–Kier alpha value is -3.24. The number of nitrogens with zero attached hydrogens (tertiary/aromatic N) is 3. The highest BCUT2D eigenvalue weighted by Gasteiger charge is 2.19. The lowest BCUT2D eigenvalue weighted by Crippen LogP contribution is -2.48. The first-order valence-electron chi connectivity index (χ1n) is 10.4. The number of aromatic nitrogens is 1. The van der Waals surface area contributed by atoms with E-state index in [1.807, 2.05) is 36.9 Å². The number of benzene rings is 1. The van der Waals surface area contributed by atoms with Crippen LogP contribution in [0.1, 0.15) is 29.0 Å². The second kappa shape index (κ2) is 10.7. The Balaban J connectivity index is 1.57. The fourth-order valence-corrected chi connectivity index (χ4v) is 3.45. The minimum atomic E-state index is 0.00861. The summed E-state index contributed by atoms with van der Waals surface area (Å²) >= 11 is 0. The number of hydrogen-bond acceptors (Lipinski definition) is 6. The van der Waals surface area contributed by atoms with Gasteiger partial charge in [-0.15, -0.1) is 12.3 Å². The fourth-order valence-electron chi connectivity index (χ4n) is 3.45. The molecule has 1 aromatic carbocycles. The number of carbonyl (C=O) groups excluding carboxylic acids is 1. The highest BCUT2D eigenvalue weighted by Crippen LogP contribution is 2.30. The summed E-state index contributed by atoms with van der Waals surface area (Å²) in [6.07, 6.45) is 9.47. The zero-order chi connectivity index (χ0) is 22.2. The molecular formula is C24H29N3O4. The normalized spacial score (nSPS) is 14.6. The van der Waals surface area contributed by atoms with Gasteiger partial charge in [-0.1, -0.05) is 11.2 Å². The summed E-state index contributed by atoms with van der Waals surface area (Å²) in [6.45, 7) is 8.11. The molecule has 0 aliphatic carbocycles. The van der Waals surface area contributed by atoms with Gasteiger partial charge in [-0.25, -0.2) is 0 Å². The molecule has 31 heavy (non-hydrogen) atoms. The Kier molecular flexibility index (Phi) is 7.74. The first-order valence-corrected chi connectivity index (χ1v) is 10.4. The van der Waals surface area contributed by atoms with Gasteiger partial charge in [0.05, 0.1) is 18.4 Å². The maximum atomic E-state index is 12.5. The third-order valence-corrected chi connectivity index (χ3v) is 5.42. The highest BCUT2D eigenvalue weighted by atomic mass is 16.5. The lowest BCUT2D eigenvalue weighted by atomic mass is 10.1. The van der Waals surface area contributed by atoms with E-state index in [0.717, 1.165) is 48.6 Å². The van der Waals surface area contributed by atoms with Crippen LogP contribution >= 0.6 is 0 Å². The summed E-state index contributed by atoms with van der Waals surface area (Å²) in [6, 6.07) is 5.59. The van der Waals surface area contributed by atoms with Gasteiger partial charge in [0, 0.05) is 45.2 Å². The van der Waals surface area contributed by atoms with E-state index in [-0.39, 0.29) is 5.91 Å². The van der Waals surface area contributed by atoms with Gasteiger partial charge in [-0.05, 0) is 37.6 Å². The molecule has 1 saturated heterocycles. The Labute approximate surface area is 183 Å². The molecule has 7 heteroatoms. The van der Waals surface area contributed by atoms with Gasteiger partial charge in [-0.2, -0.15) is 0 Å². The number of hydrogen-bond donors (Lipinski definition) is 0. The lowest BCUT2D eigenvalue weighted by Gasteiger charge is -2.33. The van der Waals surface area contributed by atoms with E-state index < -0.39 is 0 Å². The number of rotatable bonds is 8. The van der Waals surface area contributed by atoms with Crippen molar-refractivity contribution in [1.29, 1.82) is 0 Å². The molecule has 3 rings (SSSR count). The monoisotopic (exact) mass is 423 g/mol. The number of amides is 1. The van der Waals surface area contributed by atoms with Gasteiger partial charge in [0.1, 0.15) is 12.4 Å². The largest absolute Gasteiger partial charge is 0.493 e. The van der Waals surface area contributed by atoms with E-state index in [0.29, 0.717) is 31.2 Å². The van der Waals surface area contributed by atoms with Crippen LogP contribution in [0.5, 0.6) is 11.5 Å². The molecule has 1 aromatic heterocycles. The third-order valence-electron chi connectivity index (χ3n) is 5.42. The molecule has 1 aliphatic rings. The molecule has 0 saturated carbocycles. The Morgan fingerprint density at radius 1 is 1.26 bits per heavy atom. The summed E-state index contributed by atoms with van der Waals surface area (Å²) in [7, 11) is 1.59. The molecule has 0 atom stereocenters. The average Bonchev–Trinajstić information content (AvgIpc) is 3.12. The molecule has 0 unspecified atom stereocenters. The molecule has 0 radical (unpaired) electrons. The zero-order valence-corrected chi connectivity index (χ0v) is 18.4. The van der Waals surface area contributed by atoms with Crippen molar-refractivity contribution in [2.75, 3.05) is 39.8 Å². The maximum Gasteiger partial charge on any atom is 0.246 e. The number of ether oxygens (including phenoxy) is 2. The van der Waals surface area contributed by atoms with Crippen molar-refractivity contribution >= 4 is 12.0 Å². The zero-order valence-electron chi connectivity index (χ0n) is 18.4. The summed E-state index contributed by atoms with van der Waals surface area (Å²) in [5.74, 6) is 4.63. The van der Waals surface area contributed by atoms with Crippen molar-refractivity contribution in [3.8, 4) is 23.8 Å². The molecule has 164 valence electrons. The molecule has 1 amide bonds. The minimum absolute atomic E-state index is 0.00861. The summed E-state index contributed by atoms with van der Waals surface area (Å²) < 4.78 is 16.5. The highest BCUT2D eigenvalue weighted by molar-refractivity contribution is 5.92. The predicted molar refractivity (Wildman–Crippen MR) is 119 cm³/mol. The predicted octanol–water partition coefficient (Wildman–Crippen LogP) is 3.06. The van der Waals surface area contributed by atoms with Crippen LogP contribution in [0.4, 0.5) is 0 Å². The molecule has 2 heterocycles. The molecule has 2 aromatic rings. The van der Waals surface area contributed by atoms with Crippen LogP contribution in [0.25, 0.3) is 6.08 Å². The maximum absolute atomic E-state index is 12.5. The number of carbonyl (C=O) groups is 1. The number of piperazine rings is 1. The molecule has 0 bridgehead atoms. The van der Waals surface area contributed by atoms with Gasteiger partial charge >= 0.3 is 0 Å². The quantitative estimate of drug-likeness (QED) is 0.480. The lowest BCUT2D eigenvalue weighted by molar-refractivity contribution is -0.127. The van der Waals surface area contributed by atoms with Crippen LogP contribution in [-0.4, -0.2) is 60.7 Å². The average molecular weight is 424 g/mol. The molecule has 1 aliphatic heterocycles. The first-order chi connectivity index (χ1) is 15.0. The SMILES string of the molecule is C#CCCN1CCN(C(=O)/C=C/c2ccc(OCc3c(C)noc3C)c(OC)c2)CC1. The van der Waals surface area contributed by atoms with Crippen molar-refractivity contribution in [3.63, 3.8) is 0 Å². The Bertz CT molecular complexity index is 946. The second-order valence-corrected chi connectivity index (χ2v) is 7.46. The number of aryl methyl sites for hydroxylation is 2. The van der Waals surface area contributed by atoms with E-state index in [1.165, 1.54) is 0 Å². The standard InChI is InChI=1S/C24H29N3O4/c1-5-6-11-26-12-14-27(15-13-26)24(28)10-8-20-7-9-22(23(16-20)29-4)30-17-21-18(2)25-31-19(21)3/h1,7-10,16H,6,11-15,17H2,2-4H3/b10-8+. The van der Waals surface area contributed by atoms with Crippen LogP contribution in [0.3, 0.4) is 0 Å². The van der Waals surface area contributed by atoms with Crippen molar-refractivity contribution in [2.24, 2.45) is 0 Å². The van der Waals surface area contributed by atoms with Crippen LogP contribution in [-0.2, 0) is 11.4 Å². The van der Waals surface area contributed by atoms with E-state index in [2.05, 4.69) is 16.0 Å². The fraction of sp³-hybridized carbons (Fsp3) is 0.417. The van der Waals surface area contributed by atoms with Crippen molar-refractivity contribution < 1.29 is 18.8 Å². The van der Waals surface area contributed by atoms with Gasteiger partial charge < -0.3 is 18.9 Å². The van der Waals surface area contributed by atoms with Crippen LogP contribution < -0.4 is 9.47 Å². The Morgan fingerprint density at radius 3 is 2.68 bits per heavy atom.